The van der Waals surface area contributed by atoms with Crippen molar-refractivity contribution in [3.05, 3.63) is 35.4 Å². The Balaban J connectivity index is 1.98. The molecule has 2 amide bonds. The van der Waals surface area contributed by atoms with Crippen molar-refractivity contribution in [3.8, 4) is 0 Å². The van der Waals surface area contributed by atoms with E-state index in [9.17, 15) is 22.8 Å². The van der Waals surface area contributed by atoms with Crippen LogP contribution in [0.4, 0.5) is 13.2 Å². The van der Waals surface area contributed by atoms with Crippen molar-refractivity contribution in [1.29, 1.82) is 0 Å². The van der Waals surface area contributed by atoms with Crippen molar-refractivity contribution in [2.45, 2.75) is 31.6 Å². The van der Waals surface area contributed by atoms with Gasteiger partial charge in [0.25, 0.3) is 0 Å². The first-order valence-electron chi connectivity index (χ1n) is 6.75. The number of halogens is 3. The maximum atomic E-state index is 12.5. The predicted molar refractivity (Wildman–Crippen MR) is 72.6 cm³/mol. The average molecular weight is 315 g/mol. The molecular weight excluding hydrogens is 299 g/mol. The van der Waals surface area contributed by atoms with Gasteiger partial charge in [-0.2, -0.15) is 13.2 Å². The maximum absolute atomic E-state index is 12.5. The highest BCUT2D eigenvalue weighted by atomic mass is 19.4. The molecule has 0 aromatic heterocycles. The van der Waals surface area contributed by atoms with Gasteiger partial charge in [0, 0.05) is 0 Å². The van der Waals surface area contributed by atoms with Gasteiger partial charge in [0.05, 0.1) is 30.7 Å². The number of rotatable bonds is 3. The van der Waals surface area contributed by atoms with Crippen LogP contribution < -0.4 is 16.0 Å². The van der Waals surface area contributed by atoms with E-state index in [1.54, 1.807) is 6.92 Å². The van der Waals surface area contributed by atoms with Crippen LogP contribution in [-0.4, -0.2) is 24.5 Å². The fourth-order valence-electron chi connectivity index (χ4n) is 2.15. The lowest BCUT2D eigenvalue weighted by Gasteiger charge is -2.25. The van der Waals surface area contributed by atoms with E-state index in [4.69, 9.17) is 0 Å². The Morgan fingerprint density at radius 3 is 2.50 bits per heavy atom. The Kier molecular flexibility index (Phi) is 4.70. The van der Waals surface area contributed by atoms with E-state index in [0.29, 0.717) is 5.56 Å². The Bertz CT molecular complexity index is 557. The first-order chi connectivity index (χ1) is 10.3. The molecule has 1 heterocycles. The zero-order chi connectivity index (χ0) is 16.3. The van der Waals surface area contributed by atoms with Crippen LogP contribution in [0.2, 0.25) is 0 Å². The topological polar surface area (TPSA) is 70.2 Å². The Hall–Kier alpha value is -2.09. The summed E-state index contributed by atoms with van der Waals surface area (Å²) < 4.78 is 37.5. The SMILES string of the molecule is C[C@@H](NC(=O)C1CC(=O)NCN1)c1ccc(C(F)(F)F)cc1. The normalized spacial score (nSPS) is 20.2. The number of benzene rings is 1. The Labute approximate surface area is 125 Å². The first kappa shape index (κ1) is 16.3. The van der Waals surface area contributed by atoms with Gasteiger partial charge in [-0.3, -0.25) is 14.9 Å². The summed E-state index contributed by atoms with van der Waals surface area (Å²) in [6, 6.07) is 3.52. The molecule has 1 aliphatic heterocycles. The fourth-order valence-corrected chi connectivity index (χ4v) is 2.15. The molecule has 1 aromatic rings. The lowest BCUT2D eigenvalue weighted by Crippen LogP contribution is -2.54. The summed E-state index contributed by atoms with van der Waals surface area (Å²) in [5.74, 6) is -0.580. The highest BCUT2D eigenvalue weighted by Gasteiger charge is 2.30. The molecule has 1 saturated heterocycles. The molecule has 120 valence electrons. The molecule has 0 saturated carbocycles. The molecule has 0 aliphatic carbocycles. The number of amides is 2. The van der Waals surface area contributed by atoms with Gasteiger partial charge in [0.1, 0.15) is 0 Å². The van der Waals surface area contributed by atoms with Crippen LogP contribution in [0.1, 0.15) is 30.5 Å². The van der Waals surface area contributed by atoms with E-state index in [2.05, 4.69) is 16.0 Å². The van der Waals surface area contributed by atoms with Gasteiger partial charge in [-0.1, -0.05) is 12.1 Å². The molecule has 2 atom stereocenters. The molecule has 0 bridgehead atoms. The Morgan fingerprint density at radius 2 is 1.95 bits per heavy atom. The van der Waals surface area contributed by atoms with Gasteiger partial charge in [-0.05, 0) is 24.6 Å². The van der Waals surface area contributed by atoms with Crippen molar-refractivity contribution in [2.75, 3.05) is 6.67 Å². The molecular formula is C14H16F3N3O2. The summed E-state index contributed by atoms with van der Waals surface area (Å²) in [4.78, 5) is 23.2. The van der Waals surface area contributed by atoms with Crippen LogP contribution in [0, 0.1) is 0 Å². The summed E-state index contributed by atoms with van der Waals surface area (Å²) in [7, 11) is 0. The fraction of sp³-hybridized carbons (Fsp3) is 0.429. The number of carbonyl (C=O) groups is 2. The highest BCUT2D eigenvalue weighted by molar-refractivity contribution is 5.89. The lowest BCUT2D eigenvalue weighted by molar-refractivity contribution is -0.137. The highest BCUT2D eigenvalue weighted by Crippen LogP contribution is 2.29. The maximum Gasteiger partial charge on any atom is 0.416 e. The molecule has 8 heteroatoms. The zero-order valence-corrected chi connectivity index (χ0v) is 11.8. The largest absolute Gasteiger partial charge is 0.416 e. The molecule has 0 radical (unpaired) electrons. The smallest absolute Gasteiger partial charge is 0.348 e. The van der Waals surface area contributed by atoms with E-state index in [1.165, 1.54) is 12.1 Å². The van der Waals surface area contributed by atoms with Crippen LogP contribution in [0.25, 0.3) is 0 Å². The van der Waals surface area contributed by atoms with Crippen molar-refractivity contribution in [2.24, 2.45) is 0 Å². The second-order valence-corrected chi connectivity index (χ2v) is 5.09. The van der Waals surface area contributed by atoms with Crippen LogP contribution >= 0.6 is 0 Å². The van der Waals surface area contributed by atoms with E-state index >= 15 is 0 Å². The molecule has 1 aromatic carbocycles. The van der Waals surface area contributed by atoms with Crippen molar-refractivity contribution in [1.82, 2.24) is 16.0 Å². The summed E-state index contributed by atoms with van der Waals surface area (Å²) in [5, 5.41) is 8.06. The van der Waals surface area contributed by atoms with E-state index in [1.807, 2.05) is 0 Å². The molecule has 1 aliphatic rings. The van der Waals surface area contributed by atoms with Crippen LogP contribution in [0.5, 0.6) is 0 Å². The molecule has 0 spiro atoms. The van der Waals surface area contributed by atoms with Crippen LogP contribution in [0.15, 0.2) is 24.3 Å². The van der Waals surface area contributed by atoms with Gasteiger partial charge < -0.3 is 10.6 Å². The van der Waals surface area contributed by atoms with Gasteiger partial charge in [-0.15, -0.1) is 0 Å². The summed E-state index contributed by atoms with van der Waals surface area (Å²) in [6.07, 6.45) is -4.35. The van der Waals surface area contributed by atoms with Crippen molar-refractivity contribution in [3.63, 3.8) is 0 Å². The number of nitrogens with one attached hydrogen (secondary N) is 3. The molecule has 1 fully saturated rings. The number of hydrogen-bond donors (Lipinski definition) is 3. The summed E-state index contributed by atoms with van der Waals surface area (Å²) in [5.41, 5.74) is -0.179. The minimum Gasteiger partial charge on any atom is -0.348 e. The van der Waals surface area contributed by atoms with Gasteiger partial charge >= 0.3 is 6.18 Å². The second kappa shape index (κ2) is 6.35. The van der Waals surface area contributed by atoms with Crippen LogP contribution in [-0.2, 0) is 15.8 Å². The minimum absolute atomic E-state index is 0.0333. The quantitative estimate of drug-likeness (QED) is 0.788. The van der Waals surface area contributed by atoms with Gasteiger partial charge in [0.15, 0.2) is 0 Å². The van der Waals surface area contributed by atoms with E-state index < -0.39 is 23.8 Å². The molecule has 22 heavy (non-hydrogen) atoms. The average Bonchev–Trinajstić information content (AvgIpc) is 2.46. The number of alkyl halides is 3. The standard InChI is InChI=1S/C14H16F3N3O2/c1-8(9-2-4-10(5-3-9)14(15,16)17)20-13(22)11-6-12(21)19-7-18-11/h2-5,8,11,18H,6-7H2,1H3,(H,19,21)(H,20,22)/t8-,11?/m1/s1. The van der Waals surface area contributed by atoms with Crippen molar-refractivity contribution < 1.29 is 22.8 Å². The second-order valence-electron chi connectivity index (χ2n) is 5.09. The lowest BCUT2D eigenvalue weighted by atomic mass is 10.0. The third kappa shape index (κ3) is 3.97. The molecule has 5 nitrogen and oxygen atoms in total. The van der Waals surface area contributed by atoms with E-state index in [0.717, 1.165) is 12.1 Å². The third-order valence-electron chi connectivity index (χ3n) is 3.44. The number of hydrogen-bond acceptors (Lipinski definition) is 3. The molecule has 3 N–H and O–H groups in total. The Morgan fingerprint density at radius 1 is 1.32 bits per heavy atom. The number of carbonyl (C=O) groups excluding carboxylic acids is 2. The summed E-state index contributed by atoms with van der Waals surface area (Å²) >= 11 is 0. The van der Waals surface area contributed by atoms with Gasteiger partial charge in [-0.25, -0.2) is 0 Å². The minimum atomic E-state index is -4.38. The first-order valence-corrected chi connectivity index (χ1v) is 6.75. The van der Waals surface area contributed by atoms with Gasteiger partial charge in [0.2, 0.25) is 11.8 Å². The van der Waals surface area contributed by atoms with Crippen molar-refractivity contribution >= 4 is 11.8 Å². The predicted octanol–water partition coefficient (Wildman–Crippen LogP) is 1.32. The zero-order valence-electron chi connectivity index (χ0n) is 11.8. The molecule has 2 rings (SSSR count). The van der Waals surface area contributed by atoms with Crippen LogP contribution in [0.3, 0.4) is 0 Å². The monoisotopic (exact) mass is 315 g/mol. The van der Waals surface area contributed by atoms with E-state index in [-0.39, 0.29) is 24.9 Å². The summed E-state index contributed by atoms with van der Waals surface area (Å²) in [6.45, 7) is 1.88. The third-order valence-corrected chi connectivity index (χ3v) is 3.44. The molecule has 1 unspecified atom stereocenters.